The zero-order chi connectivity index (χ0) is 56.8. The van der Waals surface area contributed by atoms with Gasteiger partial charge in [0.1, 0.15) is 0 Å². The van der Waals surface area contributed by atoms with Crippen LogP contribution >= 0.6 is 0 Å². The topological polar surface area (TPSA) is 174 Å². The zero-order valence-electron chi connectivity index (χ0n) is 47.2. The van der Waals surface area contributed by atoms with Gasteiger partial charge in [-0.3, -0.25) is 28.3 Å². The van der Waals surface area contributed by atoms with Gasteiger partial charge in [0.2, 0.25) is 0 Å². The Labute approximate surface area is 468 Å². The molecule has 0 saturated carbocycles. The van der Waals surface area contributed by atoms with Crippen molar-refractivity contribution < 1.29 is 0 Å². The maximum absolute atomic E-state index is 15.8. The molecule has 13 rings (SSSR count). The number of unbranched alkanes of at least 4 members (excludes halogenated alkanes) is 12. The second kappa shape index (κ2) is 20.9. The van der Waals surface area contributed by atoms with Gasteiger partial charge in [0.15, 0.2) is 0 Å². The summed E-state index contributed by atoms with van der Waals surface area (Å²) in [6.45, 7) is 8.55. The van der Waals surface area contributed by atoms with Gasteiger partial charge in [-0.15, -0.1) is 0 Å². The molecule has 16 heteroatoms. The van der Waals surface area contributed by atoms with Crippen LogP contribution in [0.25, 0.3) is 98.1 Å². The molecule has 7 aromatic carbocycles. The van der Waals surface area contributed by atoms with E-state index in [1.165, 1.54) is 27.2 Å². The van der Waals surface area contributed by atoms with Crippen molar-refractivity contribution in [3.8, 4) is 11.4 Å². The van der Waals surface area contributed by atoms with E-state index in [-0.39, 0.29) is 43.6 Å². The molecule has 82 heavy (non-hydrogen) atoms. The molecule has 0 amide bonds. The maximum atomic E-state index is 15.8. The summed E-state index contributed by atoms with van der Waals surface area (Å²) in [6, 6.07) is 22.7. The Morgan fingerprint density at radius 3 is 0.805 bits per heavy atom. The van der Waals surface area contributed by atoms with E-state index in [2.05, 4.69) is 27.7 Å². The van der Waals surface area contributed by atoms with Crippen molar-refractivity contribution in [2.75, 3.05) is 0 Å². The highest BCUT2D eigenvalue weighted by Gasteiger charge is 2.35. The minimum absolute atomic E-state index is 0.151. The molecule has 0 fully saturated rings. The van der Waals surface area contributed by atoms with Crippen LogP contribution in [0.2, 0.25) is 0 Å². The average Bonchev–Trinajstić information content (AvgIpc) is 1.21. The van der Waals surface area contributed by atoms with Gasteiger partial charge in [-0.05, 0) is 74.2 Å². The quantitative estimate of drug-likeness (QED) is 0.0326. The van der Waals surface area contributed by atoms with Gasteiger partial charge in [0.25, 0.3) is 22.2 Å². The SMILES string of the molecule is CCCCCCC(CCCCCC)n1c(=O)c2cc3c4c5c2c(cc2c5c5c6c7c(cc(c64)n4c(=O)n(-c6ccccc6)c(=O)n34)c(=O)n(C(CCCCCC)CCCCCC)c(=O)c7cc5n3c(=O)n(-c4ccccc4)c(=O)n23)c1=O. The number of pyridine rings is 2. The van der Waals surface area contributed by atoms with Gasteiger partial charge in [-0.25, -0.2) is 28.3 Å². The highest BCUT2D eigenvalue weighted by atomic mass is 16.2. The standard InChI is InChI=1S/C66H68N8O8/c1-5-9-13-19-27-39(28-20-14-10-6-2)67-59(75)43-35-47-53-55-49(73-65(81)69(63(79)71(47)73)41-31-23-17-24-32-41)37-45-52-46(62(78)68(61(45)77)40(29-21-15-11-7-3)30-22-16-12-8-4)38-50-56(58(52)55)54-48(36-44(60(67)76)51(43)57(53)54)72-64(80)70(66(82)74(50)72)42-33-25-18-26-34-42/h17-18,23-26,31-40H,5-16,19-22,27-30H2,1-4H3. The fraction of sp³-hybridized carbons (Fsp3) is 0.394. The first-order chi connectivity index (χ1) is 40.0. The number of aromatic nitrogens is 8. The van der Waals surface area contributed by atoms with E-state index in [0.29, 0.717) is 80.1 Å². The molecule has 0 aliphatic heterocycles. The van der Waals surface area contributed by atoms with Gasteiger partial charge >= 0.3 is 22.8 Å². The molecular weight excluding hydrogens is 1030 g/mol. The third kappa shape index (κ3) is 7.68. The number of benzene rings is 7. The molecule has 16 nitrogen and oxygen atoms in total. The summed E-state index contributed by atoms with van der Waals surface area (Å²) < 4.78 is 10.0. The third-order valence-corrected chi connectivity index (χ3v) is 18.1. The van der Waals surface area contributed by atoms with E-state index in [1.54, 1.807) is 84.9 Å². The van der Waals surface area contributed by atoms with Gasteiger partial charge in [-0.2, -0.15) is 18.1 Å². The number of nitrogens with zero attached hydrogens (tertiary/aromatic N) is 8. The van der Waals surface area contributed by atoms with Crippen molar-refractivity contribution in [2.45, 2.75) is 168 Å². The Kier molecular flexibility index (Phi) is 13.5. The van der Waals surface area contributed by atoms with E-state index >= 15 is 38.4 Å². The Hall–Kier alpha value is -8.40. The lowest BCUT2D eigenvalue weighted by Gasteiger charge is -2.26. The van der Waals surface area contributed by atoms with Crippen LogP contribution < -0.4 is 45.0 Å². The van der Waals surface area contributed by atoms with Gasteiger partial charge in [0.05, 0.1) is 55.0 Å². The molecule has 0 aliphatic carbocycles. The minimum Gasteiger partial charge on any atom is -0.271 e. The number of hydrogen-bond donors (Lipinski definition) is 0. The van der Waals surface area contributed by atoms with Crippen molar-refractivity contribution >= 4 is 86.7 Å². The first kappa shape index (κ1) is 52.9. The molecule has 0 N–H and O–H groups in total. The zero-order valence-corrected chi connectivity index (χ0v) is 47.2. The third-order valence-electron chi connectivity index (χ3n) is 18.1. The highest BCUT2D eigenvalue weighted by Crippen LogP contribution is 2.50. The Morgan fingerprint density at radius 2 is 0.561 bits per heavy atom. The molecule has 0 radical (unpaired) electrons. The molecule has 0 atom stereocenters. The highest BCUT2D eigenvalue weighted by molar-refractivity contribution is 6.48. The number of rotatable bonds is 24. The minimum atomic E-state index is -0.739. The summed E-state index contributed by atoms with van der Waals surface area (Å²) in [5.74, 6) is 0. The summed E-state index contributed by atoms with van der Waals surface area (Å²) in [6.07, 6.45) is 17.2. The monoisotopic (exact) mass is 1100 g/mol. The predicted octanol–water partition coefficient (Wildman–Crippen LogP) is 11.8. The Morgan fingerprint density at radius 1 is 0.305 bits per heavy atom. The molecule has 420 valence electrons. The normalized spacial score (nSPS) is 12.8. The van der Waals surface area contributed by atoms with Crippen LogP contribution in [0.15, 0.2) is 123 Å². The lowest BCUT2D eigenvalue weighted by Crippen LogP contribution is -2.37. The molecule has 0 saturated heterocycles. The van der Waals surface area contributed by atoms with E-state index in [9.17, 15) is 0 Å². The van der Waals surface area contributed by atoms with E-state index in [1.807, 2.05) is 0 Å². The lowest BCUT2D eigenvalue weighted by atomic mass is 9.83. The molecule has 0 bridgehead atoms. The molecule has 6 aromatic heterocycles. The summed E-state index contributed by atoms with van der Waals surface area (Å²) in [5, 5.41) is 3.58. The van der Waals surface area contributed by atoms with Crippen LogP contribution in [-0.2, 0) is 0 Å². The van der Waals surface area contributed by atoms with Crippen molar-refractivity contribution in [1.82, 2.24) is 36.3 Å². The summed E-state index contributed by atoms with van der Waals surface area (Å²) in [5.41, 5.74) is -3.79. The smallest absolute Gasteiger partial charge is 0.271 e. The van der Waals surface area contributed by atoms with Crippen molar-refractivity contribution in [3.63, 3.8) is 0 Å². The van der Waals surface area contributed by atoms with Crippen LogP contribution in [0.1, 0.15) is 168 Å². The predicted molar refractivity (Wildman–Crippen MR) is 329 cm³/mol. The number of fused-ring (bicyclic) bond motifs is 6. The first-order valence-electron chi connectivity index (χ1n) is 30.2. The van der Waals surface area contributed by atoms with Gasteiger partial charge in [0, 0.05) is 55.2 Å². The molecule has 0 unspecified atom stereocenters. The lowest BCUT2D eigenvalue weighted by molar-refractivity contribution is 0.384. The number of hydrogen-bond acceptors (Lipinski definition) is 8. The van der Waals surface area contributed by atoms with Crippen molar-refractivity contribution in [3.05, 3.63) is 168 Å². The second-order valence-electron chi connectivity index (χ2n) is 23.2. The summed E-state index contributed by atoms with van der Waals surface area (Å²) in [4.78, 5) is 126. The average molecular weight is 1100 g/mol. The molecular formula is C66H68N8O8. The molecule has 0 spiro atoms. The Balaban J connectivity index is 1.28. The van der Waals surface area contributed by atoms with Gasteiger partial charge in [-0.1, -0.05) is 167 Å². The largest absolute Gasteiger partial charge is 0.356 e. The van der Waals surface area contributed by atoms with Crippen molar-refractivity contribution in [1.29, 1.82) is 0 Å². The van der Waals surface area contributed by atoms with Crippen LogP contribution in [0.4, 0.5) is 0 Å². The first-order valence-corrected chi connectivity index (χ1v) is 30.2. The summed E-state index contributed by atoms with van der Waals surface area (Å²) >= 11 is 0. The summed E-state index contributed by atoms with van der Waals surface area (Å²) in [7, 11) is 0. The number of para-hydroxylation sites is 2. The Bertz CT molecular complexity index is 4500. The van der Waals surface area contributed by atoms with Crippen LogP contribution in [0.3, 0.4) is 0 Å². The second-order valence-corrected chi connectivity index (χ2v) is 23.2. The molecule has 0 aliphatic rings. The van der Waals surface area contributed by atoms with Crippen molar-refractivity contribution in [2.24, 2.45) is 0 Å². The van der Waals surface area contributed by atoms with E-state index in [0.717, 1.165) is 112 Å². The molecule has 13 aromatic rings. The van der Waals surface area contributed by atoms with Gasteiger partial charge < -0.3 is 0 Å². The van der Waals surface area contributed by atoms with E-state index < -0.39 is 57.1 Å². The van der Waals surface area contributed by atoms with Crippen LogP contribution in [0, 0.1) is 0 Å². The maximum Gasteiger partial charge on any atom is 0.356 e. The van der Waals surface area contributed by atoms with E-state index in [4.69, 9.17) is 0 Å². The molecule has 6 heterocycles. The fourth-order valence-electron chi connectivity index (χ4n) is 14.3. The van der Waals surface area contributed by atoms with Crippen LogP contribution in [0.5, 0.6) is 0 Å². The van der Waals surface area contributed by atoms with Crippen LogP contribution in [-0.4, -0.2) is 36.3 Å². The fourth-order valence-corrected chi connectivity index (χ4v) is 14.3.